The van der Waals surface area contributed by atoms with E-state index in [9.17, 15) is 0 Å². The Labute approximate surface area is 113 Å². The van der Waals surface area contributed by atoms with Gasteiger partial charge in [-0.3, -0.25) is 0 Å². The molecule has 0 heteroatoms. The van der Waals surface area contributed by atoms with E-state index in [4.69, 9.17) is 0 Å². The summed E-state index contributed by atoms with van der Waals surface area (Å²) < 4.78 is 0. The predicted octanol–water partition coefficient (Wildman–Crippen LogP) is 5.51. The van der Waals surface area contributed by atoms with E-state index in [0.29, 0.717) is 0 Å². The van der Waals surface area contributed by atoms with E-state index >= 15 is 0 Å². The Bertz CT molecular complexity index is 924. The molecule has 0 aromatic heterocycles. The summed E-state index contributed by atoms with van der Waals surface area (Å²) in [5, 5.41) is 8.41. The van der Waals surface area contributed by atoms with Gasteiger partial charge in [-0.15, -0.1) is 0 Å². The summed E-state index contributed by atoms with van der Waals surface area (Å²) in [6, 6.07) is 15.9. The lowest BCUT2D eigenvalue weighted by atomic mass is 9.88. The van der Waals surface area contributed by atoms with Crippen LogP contribution in [0.25, 0.3) is 32.3 Å². The van der Waals surface area contributed by atoms with Crippen LogP contribution in [-0.2, 0) is 0 Å². The van der Waals surface area contributed by atoms with Gasteiger partial charge in [-0.1, -0.05) is 42.5 Å². The van der Waals surface area contributed by atoms with Crippen molar-refractivity contribution in [2.75, 3.05) is 0 Å². The second kappa shape index (κ2) is 3.48. The molecule has 0 saturated heterocycles. The average molecular weight is 244 g/mol. The zero-order valence-corrected chi connectivity index (χ0v) is 11.5. The van der Waals surface area contributed by atoms with E-state index < -0.39 is 0 Å². The highest BCUT2D eigenvalue weighted by Crippen LogP contribution is 2.38. The first kappa shape index (κ1) is 10.8. The number of aryl methyl sites for hydroxylation is 3. The molecule has 0 aliphatic carbocycles. The molecule has 0 unspecified atom stereocenters. The average Bonchev–Trinajstić information content (AvgIpc) is 2.41. The molecular weight excluding hydrogens is 228 g/mol. The molecule has 4 rings (SSSR count). The van der Waals surface area contributed by atoms with Crippen LogP contribution in [0.4, 0.5) is 0 Å². The van der Waals surface area contributed by atoms with Crippen LogP contribution in [0.15, 0.2) is 42.5 Å². The first-order valence-corrected chi connectivity index (χ1v) is 6.81. The minimum Gasteiger partial charge on any atom is -0.0581 e. The Morgan fingerprint density at radius 2 is 1.11 bits per heavy atom. The molecule has 0 spiro atoms. The lowest BCUT2D eigenvalue weighted by Gasteiger charge is -2.15. The third-order valence-electron chi connectivity index (χ3n) is 4.42. The second-order valence-corrected chi connectivity index (χ2v) is 5.64. The molecule has 0 nitrogen and oxygen atoms in total. The summed E-state index contributed by atoms with van der Waals surface area (Å²) in [7, 11) is 0. The van der Waals surface area contributed by atoms with E-state index in [-0.39, 0.29) is 0 Å². The summed E-state index contributed by atoms with van der Waals surface area (Å²) in [4.78, 5) is 0. The van der Waals surface area contributed by atoms with Gasteiger partial charge in [0.05, 0.1) is 0 Å². The van der Waals surface area contributed by atoms with Crippen molar-refractivity contribution < 1.29 is 0 Å². The van der Waals surface area contributed by atoms with E-state index in [1.54, 1.807) is 0 Å². The van der Waals surface area contributed by atoms with E-state index in [1.807, 2.05) is 0 Å². The number of hydrogen-bond acceptors (Lipinski definition) is 0. The number of rotatable bonds is 0. The molecule has 0 aliphatic rings. The van der Waals surface area contributed by atoms with E-state index in [1.165, 1.54) is 49.0 Å². The monoisotopic (exact) mass is 244 g/mol. The van der Waals surface area contributed by atoms with Crippen LogP contribution in [0.2, 0.25) is 0 Å². The third-order valence-corrected chi connectivity index (χ3v) is 4.42. The summed E-state index contributed by atoms with van der Waals surface area (Å²) in [6.07, 6.45) is 0. The van der Waals surface area contributed by atoms with Gasteiger partial charge in [0.2, 0.25) is 0 Å². The van der Waals surface area contributed by atoms with Crippen molar-refractivity contribution in [3.63, 3.8) is 0 Å². The van der Waals surface area contributed by atoms with Gasteiger partial charge in [0.25, 0.3) is 0 Å². The highest BCUT2D eigenvalue weighted by atomic mass is 14.2. The van der Waals surface area contributed by atoms with Gasteiger partial charge >= 0.3 is 0 Å². The number of benzene rings is 4. The first-order valence-electron chi connectivity index (χ1n) is 6.81. The third kappa shape index (κ3) is 1.29. The Balaban J connectivity index is 2.48. The van der Waals surface area contributed by atoms with Crippen LogP contribution in [0.1, 0.15) is 16.7 Å². The van der Waals surface area contributed by atoms with Gasteiger partial charge < -0.3 is 0 Å². The highest BCUT2D eigenvalue weighted by molar-refractivity contribution is 6.24. The topological polar surface area (TPSA) is 0 Å². The Morgan fingerprint density at radius 3 is 1.95 bits per heavy atom. The Morgan fingerprint density at radius 1 is 0.526 bits per heavy atom. The van der Waals surface area contributed by atoms with Crippen molar-refractivity contribution in [3.05, 3.63) is 59.2 Å². The van der Waals surface area contributed by atoms with Gasteiger partial charge in [-0.05, 0) is 69.8 Å². The Hall–Kier alpha value is -2.08. The van der Waals surface area contributed by atoms with Gasteiger partial charge in [0.15, 0.2) is 0 Å². The smallest absolute Gasteiger partial charge is 0.00214 e. The predicted molar refractivity (Wildman–Crippen MR) is 84.4 cm³/mol. The zero-order valence-electron chi connectivity index (χ0n) is 11.5. The van der Waals surface area contributed by atoms with Crippen LogP contribution in [0, 0.1) is 20.8 Å². The van der Waals surface area contributed by atoms with Crippen molar-refractivity contribution in [2.24, 2.45) is 0 Å². The maximum atomic E-state index is 2.34. The first-order chi connectivity index (χ1) is 9.16. The van der Waals surface area contributed by atoms with Crippen LogP contribution in [-0.4, -0.2) is 0 Å². The molecule has 0 aliphatic heterocycles. The molecule has 19 heavy (non-hydrogen) atoms. The fourth-order valence-electron chi connectivity index (χ4n) is 3.35. The molecule has 0 amide bonds. The van der Waals surface area contributed by atoms with Gasteiger partial charge in [0.1, 0.15) is 0 Å². The maximum absolute atomic E-state index is 2.34. The van der Waals surface area contributed by atoms with Crippen molar-refractivity contribution in [1.82, 2.24) is 0 Å². The maximum Gasteiger partial charge on any atom is -0.00214 e. The minimum atomic E-state index is 1.35. The van der Waals surface area contributed by atoms with Crippen molar-refractivity contribution in [2.45, 2.75) is 20.8 Å². The molecule has 0 radical (unpaired) electrons. The van der Waals surface area contributed by atoms with Gasteiger partial charge in [-0.2, -0.15) is 0 Å². The zero-order chi connectivity index (χ0) is 13.1. The van der Waals surface area contributed by atoms with Crippen LogP contribution in [0.3, 0.4) is 0 Å². The lowest BCUT2D eigenvalue weighted by molar-refractivity contribution is 1.49. The van der Waals surface area contributed by atoms with Crippen molar-refractivity contribution >= 4 is 32.3 Å². The summed E-state index contributed by atoms with van der Waals surface area (Å²) in [5.74, 6) is 0. The molecule has 0 bridgehead atoms. The molecular formula is C19H16. The second-order valence-electron chi connectivity index (χ2n) is 5.64. The van der Waals surface area contributed by atoms with Crippen LogP contribution >= 0.6 is 0 Å². The highest BCUT2D eigenvalue weighted by Gasteiger charge is 2.12. The van der Waals surface area contributed by atoms with Crippen molar-refractivity contribution in [1.29, 1.82) is 0 Å². The molecule has 92 valence electrons. The minimum absolute atomic E-state index is 1.35. The van der Waals surface area contributed by atoms with Crippen LogP contribution in [0.5, 0.6) is 0 Å². The number of hydrogen-bond donors (Lipinski definition) is 0. The molecule has 4 aromatic rings. The Kier molecular flexibility index (Phi) is 1.98. The summed E-state index contributed by atoms with van der Waals surface area (Å²) in [6.45, 7) is 6.63. The normalized spacial score (nSPS) is 11.9. The molecule has 4 aromatic carbocycles. The molecule has 0 fully saturated rings. The summed E-state index contributed by atoms with van der Waals surface area (Å²) >= 11 is 0. The SMILES string of the molecule is Cc1ccc2ccc3c(C)ccc4c(C)cc1c2c34. The van der Waals surface area contributed by atoms with E-state index in [0.717, 1.165) is 0 Å². The fraction of sp³-hybridized carbons (Fsp3) is 0.158. The molecule has 0 heterocycles. The molecule has 0 atom stereocenters. The standard InChI is InChI=1S/C19H16/c1-11-5-8-16-13(3)10-17-12(2)4-6-14-7-9-15(11)19(16)18(14)17/h4-10H,1-3H3. The van der Waals surface area contributed by atoms with Crippen LogP contribution < -0.4 is 0 Å². The lowest BCUT2D eigenvalue weighted by Crippen LogP contribution is -1.90. The molecule has 0 N–H and O–H groups in total. The quantitative estimate of drug-likeness (QED) is 0.358. The fourth-order valence-corrected chi connectivity index (χ4v) is 3.35. The largest absolute Gasteiger partial charge is 0.0581 e. The van der Waals surface area contributed by atoms with Crippen molar-refractivity contribution in [3.8, 4) is 0 Å². The van der Waals surface area contributed by atoms with Gasteiger partial charge in [0, 0.05) is 0 Å². The van der Waals surface area contributed by atoms with E-state index in [2.05, 4.69) is 63.2 Å². The van der Waals surface area contributed by atoms with Gasteiger partial charge in [-0.25, -0.2) is 0 Å². The molecule has 0 saturated carbocycles. The summed E-state index contributed by atoms with van der Waals surface area (Å²) in [5.41, 5.74) is 4.11.